The van der Waals surface area contributed by atoms with E-state index in [2.05, 4.69) is 10.2 Å². The summed E-state index contributed by atoms with van der Waals surface area (Å²) in [6.07, 6.45) is 6.12. The highest BCUT2D eigenvalue weighted by molar-refractivity contribution is 6.31. The summed E-state index contributed by atoms with van der Waals surface area (Å²) in [6, 6.07) is 13.3. The van der Waals surface area contributed by atoms with Crippen LogP contribution in [0.4, 0.5) is 17.1 Å². The molecule has 0 bridgehead atoms. The minimum absolute atomic E-state index is 0.0865. The zero-order valence-corrected chi connectivity index (χ0v) is 28.0. The second-order valence-corrected chi connectivity index (χ2v) is 10.5. The Labute approximate surface area is 285 Å². The molecule has 48 heavy (non-hydrogen) atoms. The molecule has 0 fully saturated rings. The summed E-state index contributed by atoms with van der Waals surface area (Å²) in [5, 5.41) is 19.5. The van der Waals surface area contributed by atoms with Crippen molar-refractivity contribution in [3.63, 3.8) is 0 Å². The number of hydrogen-bond acceptors (Lipinski definition) is 10. The Morgan fingerprint density at radius 2 is 1.48 bits per heavy atom. The van der Waals surface area contributed by atoms with E-state index in [-0.39, 0.29) is 11.9 Å². The predicted octanol–water partition coefficient (Wildman–Crippen LogP) is 4.32. The first-order valence-corrected chi connectivity index (χ1v) is 15.9. The number of halogens is 1. The van der Waals surface area contributed by atoms with Crippen molar-refractivity contribution in [2.24, 2.45) is 0 Å². The number of nitrogens with zero attached hydrogens (tertiary/aromatic N) is 2. The van der Waals surface area contributed by atoms with Gasteiger partial charge in [0.25, 0.3) is 5.91 Å². The molecule has 1 amide bonds. The Balaban J connectivity index is 0.000000886. The summed E-state index contributed by atoms with van der Waals surface area (Å²) >= 11 is 6.40. The monoisotopic (exact) mass is 689 g/mol. The molecule has 0 radical (unpaired) electrons. The van der Waals surface area contributed by atoms with E-state index in [1.165, 1.54) is 6.08 Å². The summed E-state index contributed by atoms with van der Waals surface area (Å²) in [5.41, 5.74) is 3.18. The number of carbonyl (C=O) groups excluding carboxylic acids is 2. The number of fused-ring (bicyclic) bond motifs is 2. The second kappa shape index (κ2) is 23.1. The first kappa shape index (κ1) is 39.9. The van der Waals surface area contributed by atoms with Gasteiger partial charge in [0, 0.05) is 50.0 Å². The highest BCUT2D eigenvalue weighted by Crippen LogP contribution is 2.41. The van der Waals surface area contributed by atoms with E-state index in [1.807, 2.05) is 30.3 Å². The van der Waals surface area contributed by atoms with Crippen LogP contribution in [0.15, 0.2) is 66.8 Å². The number of esters is 1. The van der Waals surface area contributed by atoms with E-state index >= 15 is 0 Å². The first-order chi connectivity index (χ1) is 23.2. The van der Waals surface area contributed by atoms with Crippen molar-refractivity contribution in [3.8, 4) is 0 Å². The predicted molar refractivity (Wildman–Crippen MR) is 182 cm³/mol. The van der Waals surface area contributed by atoms with Gasteiger partial charge in [-0.1, -0.05) is 29.8 Å². The molecular weight excluding hydrogens is 646 g/mol. The fraction of sp³-hybridized carbons (Fsp3) is 0.412. The van der Waals surface area contributed by atoms with Gasteiger partial charge in [0.05, 0.1) is 62.3 Å². The molecule has 0 unspecified atom stereocenters. The maximum Gasteiger partial charge on any atom is 0.330 e. The lowest BCUT2D eigenvalue weighted by Gasteiger charge is -2.27. The topological polar surface area (TPSA) is 164 Å². The molecule has 0 atom stereocenters. The van der Waals surface area contributed by atoms with Crippen molar-refractivity contribution in [2.45, 2.75) is 19.8 Å². The number of amides is 1. The molecule has 0 saturated heterocycles. The van der Waals surface area contributed by atoms with Crippen LogP contribution in [0.3, 0.4) is 0 Å². The van der Waals surface area contributed by atoms with Crippen molar-refractivity contribution in [1.29, 1.82) is 0 Å². The Bertz CT molecular complexity index is 1370. The van der Waals surface area contributed by atoms with Crippen molar-refractivity contribution >= 4 is 52.5 Å². The molecular formula is C34H44ClN3O10. The van der Waals surface area contributed by atoms with Crippen molar-refractivity contribution in [1.82, 2.24) is 5.32 Å². The molecule has 3 rings (SSSR count). The fourth-order valence-electron chi connectivity index (χ4n) is 4.49. The molecule has 262 valence electrons. The zero-order valence-electron chi connectivity index (χ0n) is 27.3. The Morgan fingerprint density at radius 3 is 2.12 bits per heavy atom. The average Bonchev–Trinajstić information content (AvgIpc) is 3.15. The average molecular weight is 690 g/mol. The number of methoxy groups -OCH3 is 1. The van der Waals surface area contributed by atoms with Crippen molar-refractivity contribution in [2.75, 3.05) is 82.7 Å². The van der Waals surface area contributed by atoms with E-state index < -0.39 is 11.9 Å². The number of nitrogens with one attached hydrogen (secondary N) is 1. The van der Waals surface area contributed by atoms with Crippen LogP contribution in [0.1, 0.15) is 30.1 Å². The number of carboxylic acids is 2. The smallest absolute Gasteiger partial charge is 0.330 e. The molecule has 1 heterocycles. The molecule has 3 N–H and O–H groups in total. The van der Waals surface area contributed by atoms with Gasteiger partial charge < -0.3 is 44.3 Å². The largest absolute Gasteiger partial charge is 0.478 e. The third-order valence-electron chi connectivity index (χ3n) is 6.61. The Morgan fingerprint density at radius 1 is 0.833 bits per heavy atom. The molecule has 14 heteroatoms. The second-order valence-electron chi connectivity index (χ2n) is 10.1. The van der Waals surface area contributed by atoms with Crippen LogP contribution in [-0.2, 0) is 33.3 Å². The Kier molecular flexibility index (Phi) is 19.2. The van der Waals surface area contributed by atoms with Crippen molar-refractivity contribution < 1.29 is 48.3 Å². The maximum atomic E-state index is 13.8. The number of para-hydroxylation sites is 2. The number of hydrogen-bond donors (Lipinski definition) is 3. The van der Waals surface area contributed by atoms with E-state index in [0.29, 0.717) is 82.0 Å². The van der Waals surface area contributed by atoms with Gasteiger partial charge in [-0.15, -0.1) is 0 Å². The number of aliphatic carboxylic acids is 2. The van der Waals surface area contributed by atoms with E-state index in [4.69, 9.17) is 40.8 Å². The number of benzene rings is 2. The van der Waals surface area contributed by atoms with Gasteiger partial charge in [-0.05, 0) is 56.6 Å². The van der Waals surface area contributed by atoms with Crippen LogP contribution in [0.25, 0.3) is 0 Å². The summed E-state index contributed by atoms with van der Waals surface area (Å²) in [6.45, 7) is 7.02. The molecule has 2 aromatic rings. The standard InChI is InChI=1S/C30H40ClN3O6.C4H4O4/c1-3-40-29(35)11-8-15-32-14-6-7-16-33-26-9-4-5-10-27(26)34(17-18-38-21-22-39-20-19-37-2)30(36)25-13-12-24(31)23-28(25)33;5-3(6)1-2-4(7)8/h4-5,8-13,23,32H,3,6-7,14-22H2,1-2H3;1-2H,(H,5,6)(H,7,8)/b11-8+;2-1-. The van der Waals surface area contributed by atoms with Crippen LogP contribution in [0.2, 0.25) is 5.02 Å². The van der Waals surface area contributed by atoms with Crippen LogP contribution >= 0.6 is 11.6 Å². The third kappa shape index (κ3) is 14.7. The Hall–Kier alpha value is -4.27. The molecule has 0 aromatic heterocycles. The van der Waals surface area contributed by atoms with Crippen LogP contribution in [0, 0.1) is 0 Å². The normalized spacial score (nSPS) is 12.4. The summed E-state index contributed by atoms with van der Waals surface area (Å²) in [5.74, 6) is -2.93. The number of carboxylic acid groups (broad SMARTS) is 2. The molecule has 1 aliphatic heterocycles. The highest BCUT2D eigenvalue weighted by atomic mass is 35.5. The van der Waals surface area contributed by atoms with E-state index in [0.717, 1.165) is 36.4 Å². The van der Waals surface area contributed by atoms with Crippen LogP contribution in [-0.4, -0.2) is 107 Å². The molecule has 1 aliphatic rings. The zero-order chi connectivity index (χ0) is 35.1. The summed E-state index contributed by atoms with van der Waals surface area (Å²) in [4.78, 5) is 48.2. The van der Waals surface area contributed by atoms with Gasteiger partial charge in [-0.25, -0.2) is 14.4 Å². The number of ether oxygens (including phenoxy) is 4. The van der Waals surface area contributed by atoms with Gasteiger partial charge in [0.1, 0.15) is 0 Å². The number of unbranched alkanes of at least 4 members (excludes halogenated alkanes) is 1. The minimum atomic E-state index is -1.26. The first-order valence-electron chi connectivity index (χ1n) is 15.5. The van der Waals surface area contributed by atoms with Gasteiger partial charge in [0.15, 0.2) is 0 Å². The summed E-state index contributed by atoms with van der Waals surface area (Å²) < 4.78 is 21.1. The highest BCUT2D eigenvalue weighted by Gasteiger charge is 2.30. The quantitative estimate of drug-likeness (QED) is 0.103. The lowest BCUT2D eigenvalue weighted by molar-refractivity contribution is -0.137. The van der Waals surface area contributed by atoms with E-state index in [9.17, 15) is 19.2 Å². The summed E-state index contributed by atoms with van der Waals surface area (Å²) in [7, 11) is 1.64. The van der Waals surface area contributed by atoms with Crippen molar-refractivity contribution in [3.05, 3.63) is 77.4 Å². The van der Waals surface area contributed by atoms with Crippen LogP contribution in [0.5, 0.6) is 0 Å². The number of anilines is 3. The number of rotatable bonds is 20. The molecule has 0 saturated carbocycles. The fourth-order valence-corrected chi connectivity index (χ4v) is 4.66. The van der Waals surface area contributed by atoms with Gasteiger partial charge in [0.2, 0.25) is 0 Å². The molecule has 13 nitrogen and oxygen atoms in total. The lowest BCUT2D eigenvalue weighted by atomic mass is 10.1. The van der Waals surface area contributed by atoms with Gasteiger partial charge in [-0.2, -0.15) is 0 Å². The lowest BCUT2D eigenvalue weighted by Crippen LogP contribution is -2.33. The SMILES string of the molecule is CCOC(=O)/C=C/CNCCCCN1c2cc(Cl)ccc2C(=O)N(CCOCCOCCOC)c2ccccc21.O=C(O)/C=C\C(=O)O. The molecule has 0 aliphatic carbocycles. The third-order valence-corrected chi connectivity index (χ3v) is 6.84. The minimum Gasteiger partial charge on any atom is -0.478 e. The molecule has 2 aromatic carbocycles. The van der Waals surface area contributed by atoms with Gasteiger partial charge >= 0.3 is 17.9 Å². The van der Waals surface area contributed by atoms with Gasteiger partial charge in [-0.3, -0.25) is 4.79 Å². The van der Waals surface area contributed by atoms with Crippen LogP contribution < -0.4 is 15.1 Å². The number of carbonyl (C=O) groups is 4. The van der Waals surface area contributed by atoms with E-state index in [1.54, 1.807) is 37.1 Å². The maximum absolute atomic E-state index is 13.8. The molecule has 0 spiro atoms.